The minimum absolute atomic E-state index is 0.378. The van der Waals surface area contributed by atoms with Gasteiger partial charge in [-0.3, -0.25) is 9.78 Å². The summed E-state index contributed by atoms with van der Waals surface area (Å²) < 4.78 is 15.7. The van der Waals surface area contributed by atoms with Crippen LogP contribution in [0.5, 0.6) is 5.75 Å². The van der Waals surface area contributed by atoms with Gasteiger partial charge in [0.25, 0.3) is 0 Å². The molecular formula is C35H34ClN5O3S2. The molecule has 236 valence electrons. The lowest BCUT2D eigenvalue weighted by molar-refractivity contribution is 0.0589. The van der Waals surface area contributed by atoms with E-state index in [1.165, 1.54) is 7.11 Å². The fourth-order valence-electron chi connectivity index (χ4n) is 6.43. The number of fused-ring (bicyclic) bond motifs is 8. The highest BCUT2D eigenvalue weighted by Gasteiger charge is 2.27. The fraction of sp³-hybridized carbons (Fsp3) is 0.286. The van der Waals surface area contributed by atoms with Crippen LogP contribution in [0.15, 0.2) is 59.5 Å². The summed E-state index contributed by atoms with van der Waals surface area (Å²) in [5.74, 6) is 2.69. The number of ether oxygens (including phenoxy) is 2. The summed E-state index contributed by atoms with van der Waals surface area (Å²) >= 11 is 10.5. The zero-order valence-electron chi connectivity index (χ0n) is 26.1. The number of benzene rings is 3. The lowest BCUT2D eigenvalue weighted by Gasteiger charge is -2.12. The third-order valence-electron chi connectivity index (χ3n) is 8.59. The Morgan fingerprint density at radius 3 is 2.74 bits per heavy atom. The van der Waals surface area contributed by atoms with Gasteiger partial charge in [0.15, 0.2) is 0 Å². The van der Waals surface area contributed by atoms with Crippen molar-refractivity contribution in [3.63, 3.8) is 0 Å². The first-order valence-corrected chi connectivity index (χ1v) is 17.7. The van der Waals surface area contributed by atoms with Crippen LogP contribution in [0, 0.1) is 6.92 Å². The third kappa shape index (κ3) is 5.56. The first kappa shape index (κ1) is 30.8. The van der Waals surface area contributed by atoms with Crippen molar-refractivity contribution in [2.75, 3.05) is 13.7 Å². The lowest BCUT2D eigenvalue weighted by Crippen LogP contribution is -2.11. The van der Waals surface area contributed by atoms with Gasteiger partial charge >= 0.3 is 5.97 Å². The Bertz CT molecular complexity index is 2110. The molecular weight excluding hydrogens is 638 g/mol. The van der Waals surface area contributed by atoms with Gasteiger partial charge in [0.05, 0.1) is 35.6 Å². The maximum absolute atomic E-state index is 13.3. The minimum atomic E-state index is -0.378. The molecule has 4 heterocycles. The van der Waals surface area contributed by atoms with Crippen LogP contribution >= 0.6 is 35.1 Å². The molecule has 8 nitrogen and oxygen atoms in total. The highest BCUT2D eigenvalue weighted by Crippen LogP contribution is 2.42. The highest BCUT2D eigenvalue weighted by atomic mass is 35.5. The molecule has 0 aliphatic carbocycles. The molecule has 1 N–H and O–H groups in total. The summed E-state index contributed by atoms with van der Waals surface area (Å²) in [6, 6.07) is 18.8. The van der Waals surface area contributed by atoms with Crippen LogP contribution in [0.3, 0.4) is 0 Å². The van der Waals surface area contributed by atoms with Gasteiger partial charge in [0.1, 0.15) is 11.4 Å². The molecule has 0 spiro atoms. The summed E-state index contributed by atoms with van der Waals surface area (Å²) in [4.78, 5) is 14.4. The van der Waals surface area contributed by atoms with E-state index >= 15 is 0 Å². The summed E-state index contributed by atoms with van der Waals surface area (Å²) in [6.07, 6.45) is 1.34. The quantitative estimate of drug-likeness (QED) is 0.176. The molecule has 0 saturated heterocycles. The van der Waals surface area contributed by atoms with E-state index < -0.39 is 0 Å². The number of rotatable bonds is 1. The van der Waals surface area contributed by atoms with E-state index in [4.69, 9.17) is 31.3 Å². The van der Waals surface area contributed by atoms with Crippen LogP contribution in [0.2, 0.25) is 5.02 Å². The number of thioether (sulfide) groups is 2. The fourth-order valence-corrected chi connectivity index (χ4v) is 8.52. The van der Waals surface area contributed by atoms with E-state index in [1.54, 1.807) is 23.5 Å². The summed E-state index contributed by atoms with van der Waals surface area (Å²) in [7, 11) is 5.34. The molecule has 1 aliphatic rings. The summed E-state index contributed by atoms with van der Waals surface area (Å²) in [6.45, 7) is 2.50. The molecule has 0 saturated carbocycles. The number of hydrogen-bond acceptors (Lipinski definition) is 7. The molecule has 0 amide bonds. The minimum Gasteiger partial charge on any atom is -0.493 e. The Kier molecular flexibility index (Phi) is 8.52. The van der Waals surface area contributed by atoms with Gasteiger partial charge in [-0.1, -0.05) is 41.9 Å². The van der Waals surface area contributed by atoms with Crippen LogP contribution in [0.4, 0.5) is 0 Å². The number of hydrogen-bond donors (Lipinski definition) is 1. The van der Waals surface area contributed by atoms with Gasteiger partial charge in [-0.25, -0.2) is 4.79 Å². The van der Waals surface area contributed by atoms with Crippen molar-refractivity contribution in [3.05, 3.63) is 93.7 Å². The van der Waals surface area contributed by atoms with Crippen molar-refractivity contribution in [2.24, 2.45) is 14.1 Å². The number of aromatic amines is 1. The van der Waals surface area contributed by atoms with Gasteiger partial charge in [0, 0.05) is 69.5 Å². The van der Waals surface area contributed by atoms with E-state index in [0.29, 0.717) is 35.9 Å². The van der Waals surface area contributed by atoms with Crippen molar-refractivity contribution >= 4 is 62.8 Å². The zero-order chi connectivity index (χ0) is 31.9. The van der Waals surface area contributed by atoms with Crippen LogP contribution in [-0.4, -0.2) is 44.2 Å². The number of nitrogens with zero attached hydrogens (tertiary/aromatic N) is 4. The predicted molar refractivity (Wildman–Crippen MR) is 187 cm³/mol. The number of halogens is 1. The second-order valence-corrected chi connectivity index (χ2v) is 13.9. The molecule has 1 aliphatic heterocycles. The molecule has 46 heavy (non-hydrogen) atoms. The van der Waals surface area contributed by atoms with E-state index in [9.17, 15) is 4.79 Å². The highest BCUT2D eigenvalue weighted by molar-refractivity contribution is 7.98. The molecule has 0 radical (unpaired) electrons. The Balaban J connectivity index is 1.35. The molecule has 8 bridgehead atoms. The first-order chi connectivity index (χ1) is 22.3. The monoisotopic (exact) mass is 671 g/mol. The maximum atomic E-state index is 13.3. The van der Waals surface area contributed by atoms with Gasteiger partial charge in [-0.15, -0.1) is 23.5 Å². The van der Waals surface area contributed by atoms with Gasteiger partial charge in [0.2, 0.25) is 0 Å². The Hall–Kier alpha value is -3.86. The maximum Gasteiger partial charge on any atom is 0.354 e. The second-order valence-electron chi connectivity index (χ2n) is 11.5. The Morgan fingerprint density at radius 2 is 1.89 bits per heavy atom. The van der Waals surface area contributed by atoms with Crippen LogP contribution in [0.25, 0.3) is 32.8 Å². The Morgan fingerprint density at radius 1 is 1.04 bits per heavy atom. The van der Waals surface area contributed by atoms with Crippen molar-refractivity contribution in [2.45, 2.75) is 41.9 Å². The van der Waals surface area contributed by atoms with E-state index in [2.05, 4.69) is 41.5 Å². The van der Waals surface area contributed by atoms with Crippen LogP contribution < -0.4 is 4.74 Å². The lowest BCUT2D eigenvalue weighted by atomic mass is 9.98. The number of carbonyl (C=O) groups is 1. The smallest absolute Gasteiger partial charge is 0.354 e. The third-order valence-corrected chi connectivity index (χ3v) is 10.9. The predicted octanol–water partition coefficient (Wildman–Crippen LogP) is 8.25. The standard InChI is InChI=1S/C35H34ClN5O3S2/c1-20-31-29(38-37-20)19-45-17-22-15-23(41(3)39-22)18-46-24-14-21-8-5-6-9-25(21)30(16-24)44-13-7-10-26-27-11-12-28(36)32(31)33(27)40(2)34(26)35(42)43-4/h5-6,8-9,11-12,14-16H,7,10,13,17-19H2,1-4H3,(H,37,38). The van der Waals surface area contributed by atoms with E-state index in [1.807, 2.05) is 48.5 Å². The topological polar surface area (TPSA) is 87.0 Å². The second kappa shape index (κ2) is 12.7. The van der Waals surface area contributed by atoms with Gasteiger partial charge in [-0.2, -0.15) is 10.2 Å². The first-order valence-electron chi connectivity index (χ1n) is 15.1. The van der Waals surface area contributed by atoms with E-state index in [-0.39, 0.29) is 5.97 Å². The number of methoxy groups -OCH3 is 1. The number of aromatic nitrogens is 5. The molecule has 3 aromatic carbocycles. The molecule has 0 atom stereocenters. The molecule has 0 fully saturated rings. The molecule has 3 aromatic heterocycles. The van der Waals surface area contributed by atoms with Crippen LogP contribution in [0.1, 0.15) is 45.2 Å². The average molecular weight is 672 g/mol. The number of nitrogens with one attached hydrogen (secondary N) is 1. The number of H-pyrrole nitrogens is 1. The average Bonchev–Trinajstić information content (AvgIpc) is 3.69. The van der Waals surface area contributed by atoms with Crippen molar-refractivity contribution in [1.29, 1.82) is 0 Å². The molecule has 7 rings (SSSR count). The van der Waals surface area contributed by atoms with Crippen molar-refractivity contribution in [3.8, 4) is 16.9 Å². The largest absolute Gasteiger partial charge is 0.493 e. The van der Waals surface area contributed by atoms with Crippen molar-refractivity contribution < 1.29 is 14.3 Å². The molecule has 0 unspecified atom stereocenters. The normalized spacial score (nSPS) is 14.2. The van der Waals surface area contributed by atoms with Crippen molar-refractivity contribution in [1.82, 2.24) is 24.5 Å². The SMILES string of the molecule is COC(=O)c1c2c3ccc(Cl)c(c3n1C)-c1c(n[nH]c1C)CSCc1cc(n(C)n1)CSc1cc(c3ccccc3c1)OCCC2. The van der Waals surface area contributed by atoms with Crippen LogP contribution in [-0.2, 0) is 42.5 Å². The molecule has 6 aromatic rings. The number of aryl methyl sites for hydroxylation is 4. The summed E-state index contributed by atoms with van der Waals surface area (Å²) in [5.41, 5.74) is 8.19. The Labute approximate surface area is 280 Å². The number of carbonyl (C=O) groups excluding carboxylic acids is 1. The molecule has 11 heteroatoms. The van der Waals surface area contributed by atoms with Gasteiger partial charge < -0.3 is 14.0 Å². The van der Waals surface area contributed by atoms with E-state index in [0.717, 1.165) is 83.3 Å². The summed E-state index contributed by atoms with van der Waals surface area (Å²) in [5, 5.41) is 16.5. The number of esters is 1. The van der Waals surface area contributed by atoms with Gasteiger partial charge in [-0.05, 0) is 55.0 Å². The zero-order valence-corrected chi connectivity index (χ0v) is 28.5.